The minimum absolute atomic E-state index is 0.228. The van der Waals surface area contributed by atoms with Crippen molar-refractivity contribution in [1.82, 2.24) is 15.5 Å². The fourth-order valence-electron chi connectivity index (χ4n) is 2.61. The first kappa shape index (κ1) is 16.0. The first-order valence-corrected chi connectivity index (χ1v) is 7.07. The Morgan fingerprint density at radius 3 is 2.47 bits per heavy atom. The highest BCUT2D eigenvalue weighted by Crippen LogP contribution is 2.34. The van der Waals surface area contributed by atoms with Gasteiger partial charge in [0.2, 0.25) is 5.91 Å². The molecule has 1 atom stereocenters. The number of carbonyl (C=O) groups is 2. The highest BCUT2D eigenvalue weighted by Gasteiger charge is 2.27. The van der Waals surface area contributed by atoms with E-state index in [1.165, 1.54) is 13.5 Å². The van der Waals surface area contributed by atoms with Crippen molar-refractivity contribution in [1.29, 1.82) is 0 Å². The monoisotopic (exact) mass is 269 g/mol. The normalized spacial score (nSPS) is 21.6. The zero-order chi connectivity index (χ0) is 14.5. The molecule has 19 heavy (non-hydrogen) atoms. The number of likely N-dealkylation sites (tertiary alicyclic amines) is 1. The Balaban J connectivity index is 2.41. The van der Waals surface area contributed by atoms with Crippen molar-refractivity contribution in [2.75, 3.05) is 26.7 Å². The molecule has 0 saturated carbocycles. The second-order valence-corrected chi connectivity index (χ2v) is 6.40. The highest BCUT2D eigenvalue weighted by atomic mass is 16.2. The van der Waals surface area contributed by atoms with E-state index in [-0.39, 0.29) is 5.91 Å². The first-order valence-electron chi connectivity index (χ1n) is 7.07. The molecule has 2 N–H and O–H groups in total. The van der Waals surface area contributed by atoms with Gasteiger partial charge in [0, 0.05) is 7.05 Å². The molecule has 1 aliphatic heterocycles. The number of hydrogen-bond acceptors (Lipinski definition) is 3. The van der Waals surface area contributed by atoms with Gasteiger partial charge in [-0.25, -0.2) is 4.79 Å². The minimum atomic E-state index is -0.438. The third-order valence-electron chi connectivity index (χ3n) is 3.89. The predicted molar refractivity (Wildman–Crippen MR) is 75.8 cm³/mol. The number of carbonyl (C=O) groups excluding carboxylic acids is 2. The summed E-state index contributed by atoms with van der Waals surface area (Å²) in [7, 11) is 1.50. The van der Waals surface area contributed by atoms with Gasteiger partial charge >= 0.3 is 6.03 Å². The lowest BCUT2D eigenvalue weighted by atomic mass is 9.77. The van der Waals surface area contributed by atoms with E-state index in [1.54, 1.807) is 0 Å². The van der Waals surface area contributed by atoms with Crippen LogP contribution in [0.5, 0.6) is 0 Å². The van der Waals surface area contributed by atoms with Crippen LogP contribution in [0.15, 0.2) is 0 Å². The summed E-state index contributed by atoms with van der Waals surface area (Å²) in [5.74, 6) is 0.480. The van der Waals surface area contributed by atoms with Gasteiger partial charge in [0.1, 0.15) is 0 Å². The number of imide groups is 1. The Bertz CT molecular complexity index is 323. The molecule has 0 bridgehead atoms. The van der Waals surface area contributed by atoms with Crippen molar-refractivity contribution in [3.8, 4) is 0 Å². The molecule has 110 valence electrons. The maximum Gasteiger partial charge on any atom is 0.321 e. The second kappa shape index (κ2) is 6.89. The van der Waals surface area contributed by atoms with Crippen LogP contribution in [0.2, 0.25) is 0 Å². The van der Waals surface area contributed by atoms with Crippen LogP contribution in [0.1, 0.15) is 40.0 Å². The molecule has 1 saturated heterocycles. The summed E-state index contributed by atoms with van der Waals surface area (Å²) in [5, 5.41) is 4.69. The van der Waals surface area contributed by atoms with Gasteiger partial charge in [-0.05, 0) is 43.7 Å². The zero-order valence-corrected chi connectivity index (χ0v) is 12.6. The summed E-state index contributed by atoms with van der Waals surface area (Å²) in [4.78, 5) is 24.9. The lowest BCUT2D eigenvalue weighted by Gasteiger charge is -2.29. The average molecular weight is 269 g/mol. The summed E-state index contributed by atoms with van der Waals surface area (Å²) in [5.41, 5.74) is 0.334. The summed E-state index contributed by atoms with van der Waals surface area (Å²) in [6, 6.07) is -0.438. The molecule has 0 aromatic carbocycles. The van der Waals surface area contributed by atoms with E-state index in [0.29, 0.717) is 17.9 Å². The molecule has 5 nitrogen and oxygen atoms in total. The van der Waals surface area contributed by atoms with Crippen LogP contribution in [0.3, 0.4) is 0 Å². The summed E-state index contributed by atoms with van der Waals surface area (Å²) in [6.45, 7) is 9.03. The Morgan fingerprint density at radius 1 is 1.21 bits per heavy atom. The molecular formula is C14H27N3O2. The van der Waals surface area contributed by atoms with Gasteiger partial charge in [-0.2, -0.15) is 0 Å². The number of hydrogen-bond donors (Lipinski definition) is 2. The van der Waals surface area contributed by atoms with Crippen molar-refractivity contribution in [3.05, 3.63) is 0 Å². The quantitative estimate of drug-likeness (QED) is 0.800. The maximum absolute atomic E-state index is 11.7. The van der Waals surface area contributed by atoms with Gasteiger partial charge in [0.05, 0.1) is 6.54 Å². The van der Waals surface area contributed by atoms with E-state index in [2.05, 4.69) is 36.3 Å². The lowest BCUT2D eigenvalue weighted by Crippen LogP contribution is -2.43. The Hall–Kier alpha value is -1.10. The van der Waals surface area contributed by atoms with E-state index in [1.807, 2.05) is 0 Å². The van der Waals surface area contributed by atoms with Crippen molar-refractivity contribution in [3.63, 3.8) is 0 Å². The largest absolute Gasteiger partial charge is 0.341 e. The fraction of sp³-hybridized carbons (Fsp3) is 0.857. The van der Waals surface area contributed by atoms with Gasteiger partial charge in [0.25, 0.3) is 0 Å². The number of urea groups is 1. The molecule has 0 unspecified atom stereocenters. The highest BCUT2D eigenvalue weighted by molar-refractivity contribution is 5.95. The number of nitrogens with zero attached hydrogens (tertiary/aromatic N) is 1. The van der Waals surface area contributed by atoms with E-state index in [0.717, 1.165) is 25.9 Å². The molecule has 0 spiro atoms. The zero-order valence-electron chi connectivity index (χ0n) is 12.6. The average Bonchev–Trinajstić information content (AvgIpc) is 2.53. The molecule has 0 aliphatic carbocycles. The third kappa shape index (κ3) is 5.59. The molecular weight excluding hydrogens is 242 g/mol. The topological polar surface area (TPSA) is 61.4 Å². The summed E-state index contributed by atoms with van der Waals surface area (Å²) in [6.07, 6.45) is 3.46. The molecule has 1 aliphatic rings. The van der Waals surface area contributed by atoms with Crippen molar-refractivity contribution in [2.45, 2.75) is 40.0 Å². The van der Waals surface area contributed by atoms with E-state index >= 15 is 0 Å². The lowest BCUT2D eigenvalue weighted by molar-refractivity contribution is -0.121. The molecule has 0 aromatic heterocycles. The SMILES string of the molecule is CNC(=O)NC(=O)CN1CCC[C@@H](C(C)(C)C)CC1. The predicted octanol–water partition coefficient (Wildman–Crippen LogP) is 1.59. The summed E-state index contributed by atoms with van der Waals surface area (Å²) < 4.78 is 0. The number of nitrogens with one attached hydrogen (secondary N) is 2. The standard InChI is InChI=1S/C14H27N3O2/c1-14(2,3)11-6-5-8-17(9-7-11)10-12(18)16-13(19)15-4/h11H,5-10H2,1-4H3,(H2,15,16,18,19)/t11-/m1/s1. The second-order valence-electron chi connectivity index (χ2n) is 6.40. The van der Waals surface area contributed by atoms with Crippen molar-refractivity contribution in [2.24, 2.45) is 11.3 Å². The molecule has 5 heteroatoms. The third-order valence-corrected chi connectivity index (χ3v) is 3.89. The number of amides is 3. The van der Waals surface area contributed by atoms with Gasteiger partial charge in [-0.15, -0.1) is 0 Å². The molecule has 1 heterocycles. The van der Waals surface area contributed by atoms with Crippen molar-refractivity contribution >= 4 is 11.9 Å². The smallest absolute Gasteiger partial charge is 0.321 e. The van der Waals surface area contributed by atoms with Crippen LogP contribution in [0, 0.1) is 11.3 Å². The Kier molecular flexibility index (Phi) is 5.79. The first-order chi connectivity index (χ1) is 8.82. The van der Waals surface area contributed by atoms with Crippen LogP contribution in [-0.2, 0) is 4.79 Å². The molecule has 1 rings (SSSR count). The maximum atomic E-state index is 11.7. The van der Waals surface area contributed by atoms with E-state index in [9.17, 15) is 9.59 Å². The minimum Gasteiger partial charge on any atom is -0.341 e. The van der Waals surface area contributed by atoms with Crippen LogP contribution in [-0.4, -0.2) is 43.5 Å². The molecule has 1 fully saturated rings. The van der Waals surface area contributed by atoms with Crippen LogP contribution >= 0.6 is 0 Å². The Labute approximate surface area is 116 Å². The Morgan fingerprint density at radius 2 is 1.89 bits per heavy atom. The number of rotatable bonds is 2. The van der Waals surface area contributed by atoms with Crippen LogP contribution in [0.4, 0.5) is 4.79 Å². The summed E-state index contributed by atoms with van der Waals surface area (Å²) >= 11 is 0. The fourth-order valence-corrected chi connectivity index (χ4v) is 2.61. The molecule has 0 radical (unpaired) electrons. The van der Waals surface area contributed by atoms with E-state index < -0.39 is 6.03 Å². The molecule has 0 aromatic rings. The van der Waals surface area contributed by atoms with Crippen LogP contribution < -0.4 is 10.6 Å². The van der Waals surface area contributed by atoms with E-state index in [4.69, 9.17) is 0 Å². The van der Waals surface area contributed by atoms with Gasteiger partial charge in [-0.1, -0.05) is 20.8 Å². The van der Waals surface area contributed by atoms with Crippen LogP contribution in [0.25, 0.3) is 0 Å². The van der Waals surface area contributed by atoms with Gasteiger partial charge in [0.15, 0.2) is 0 Å². The van der Waals surface area contributed by atoms with Crippen molar-refractivity contribution < 1.29 is 9.59 Å². The van der Waals surface area contributed by atoms with Gasteiger partial charge < -0.3 is 5.32 Å². The molecule has 3 amide bonds. The van der Waals surface area contributed by atoms with Gasteiger partial charge in [-0.3, -0.25) is 15.0 Å².